The van der Waals surface area contributed by atoms with Gasteiger partial charge in [-0.05, 0) is 29.3 Å². The maximum absolute atomic E-state index is 12.6. The van der Waals surface area contributed by atoms with Crippen LogP contribution in [-0.4, -0.2) is 36.1 Å². The average molecular weight is 535 g/mol. The molecule has 36 heavy (non-hydrogen) atoms. The molecule has 0 radical (unpaired) electrons. The molecule has 1 heterocycles. The van der Waals surface area contributed by atoms with Crippen LogP contribution in [0.5, 0.6) is 0 Å². The second-order valence-corrected chi connectivity index (χ2v) is 11.8. The van der Waals surface area contributed by atoms with Crippen LogP contribution in [0.15, 0.2) is 96.0 Å². The van der Waals surface area contributed by atoms with Crippen molar-refractivity contribution < 1.29 is 13.5 Å². The Labute approximate surface area is 220 Å². The van der Waals surface area contributed by atoms with Crippen LogP contribution >= 0.6 is 23.4 Å². The minimum atomic E-state index is -3.56. The minimum absolute atomic E-state index is 0.0774. The number of hydrogen-bond donors (Lipinski definition) is 1. The quantitative estimate of drug-likeness (QED) is 0.264. The smallest absolute Gasteiger partial charge is 0.157 e. The molecule has 0 aliphatic heterocycles. The van der Waals surface area contributed by atoms with Crippen LogP contribution in [0.25, 0.3) is 22.4 Å². The minimum Gasteiger partial charge on any atom is -0.391 e. The van der Waals surface area contributed by atoms with E-state index >= 15 is 0 Å². The van der Waals surface area contributed by atoms with Gasteiger partial charge in [-0.2, -0.15) is 5.26 Å². The van der Waals surface area contributed by atoms with Crippen molar-refractivity contribution in [3.05, 3.63) is 107 Å². The van der Waals surface area contributed by atoms with E-state index in [4.69, 9.17) is 16.6 Å². The Morgan fingerprint density at radius 1 is 0.944 bits per heavy atom. The third-order valence-electron chi connectivity index (χ3n) is 5.41. The Morgan fingerprint density at radius 2 is 1.56 bits per heavy atom. The van der Waals surface area contributed by atoms with Gasteiger partial charge < -0.3 is 5.11 Å². The first-order valence-electron chi connectivity index (χ1n) is 11.2. The molecule has 0 saturated carbocycles. The van der Waals surface area contributed by atoms with E-state index in [1.165, 1.54) is 11.8 Å². The SMILES string of the molecule is N#Cc1c(-c2ccccc2)cc(-c2ccccc2)nc1SC[C@H](O)CS(=O)(=O)Cc1ccc(Cl)cc1. The molecule has 1 aromatic heterocycles. The van der Waals surface area contributed by atoms with Crippen molar-refractivity contribution in [3.63, 3.8) is 0 Å². The zero-order valence-corrected chi connectivity index (χ0v) is 21.6. The highest BCUT2D eigenvalue weighted by Gasteiger charge is 2.21. The van der Waals surface area contributed by atoms with Gasteiger partial charge in [-0.3, -0.25) is 0 Å². The fourth-order valence-electron chi connectivity index (χ4n) is 3.75. The summed E-state index contributed by atoms with van der Waals surface area (Å²) in [6, 6.07) is 29.9. The van der Waals surface area contributed by atoms with E-state index in [1.54, 1.807) is 24.3 Å². The number of sulfone groups is 1. The zero-order chi connectivity index (χ0) is 25.5. The van der Waals surface area contributed by atoms with Gasteiger partial charge in [0.05, 0.1) is 28.9 Å². The van der Waals surface area contributed by atoms with Gasteiger partial charge >= 0.3 is 0 Å². The lowest BCUT2D eigenvalue weighted by Gasteiger charge is -2.15. The van der Waals surface area contributed by atoms with Crippen LogP contribution in [-0.2, 0) is 15.6 Å². The summed E-state index contributed by atoms with van der Waals surface area (Å²) in [6.45, 7) is 0. The number of hydrogen-bond acceptors (Lipinski definition) is 6. The van der Waals surface area contributed by atoms with E-state index < -0.39 is 21.7 Å². The maximum atomic E-state index is 12.6. The molecule has 0 unspecified atom stereocenters. The van der Waals surface area contributed by atoms with E-state index in [9.17, 15) is 18.8 Å². The number of aromatic nitrogens is 1. The van der Waals surface area contributed by atoms with Crippen molar-refractivity contribution in [2.45, 2.75) is 16.9 Å². The number of aliphatic hydroxyl groups is 1. The standard InChI is InChI=1S/C28H23ClN2O3S2/c29-23-13-11-20(12-14-23)18-36(33,34)19-24(32)17-35-28-26(16-30)25(21-7-3-1-4-8-21)15-27(31-28)22-9-5-2-6-10-22/h1-15,24,32H,17-19H2/t24-/m0/s1. The molecule has 0 saturated heterocycles. The highest BCUT2D eigenvalue weighted by Crippen LogP contribution is 2.34. The van der Waals surface area contributed by atoms with E-state index in [0.717, 1.165) is 16.7 Å². The molecule has 0 fully saturated rings. The van der Waals surface area contributed by atoms with Gasteiger partial charge in [-0.25, -0.2) is 13.4 Å². The number of rotatable bonds is 9. The monoisotopic (exact) mass is 534 g/mol. The van der Waals surface area contributed by atoms with Crippen LogP contribution in [0.2, 0.25) is 5.02 Å². The first-order chi connectivity index (χ1) is 17.3. The molecule has 0 amide bonds. The zero-order valence-electron chi connectivity index (χ0n) is 19.2. The third kappa shape index (κ3) is 6.74. The Balaban J connectivity index is 1.57. The molecule has 8 heteroatoms. The molecule has 0 aliphatic carbocycles. The van der Waals surface area contributed by atoms with Gasteiger partial charge in [-0.15, -0.1) is 11.8 Å². The lowest BCUT2D eigenvalue weighted by Crippen LogP contribution is -2.24. The van der Waals surface area contributed by atoms with E-state index in [2.05, 4.69) is 6.07 Å². The summed E-state index contributed by atoms with van der Waals surface area (Å²) >= 11 is 7.05. The number of halogens is 1. The van der Waals surface area contributed by atoms with E-state index in [1.807, 2.05) is 66.7 Å². The Bertz CT molecular complexity index is 1470. The number of thioether (sulfide) groups is 1. The van der Waals surface area contributed by atoms with Crippen molar-refractivity contribution in [2.24, 2.45) is 0 Å². The second-order valence-electron chi connectivity index (χ2n) is 8.22. The fourth-order valence-corrected chi connectivity index (χ4v) is 6.47. The van der Waals surface area contributed by atoms with Gasteiger partial charge in [0.15, 0.2) is 9.84 Å². The van der Waals surface area contributed by atoms with E-state index in [-0.39, 0.29) is 11.5 Å². The lowest BCUT2D eigenvalue weighted by atomic mass is 9.99. The summed E-state index contributed by atoms with van der Waals surface area (Å²) in [5.74, 6) is -0.502. The first-order valence-corrected chi connectivity index (χ1v) is 14.3. The average Bonchev–Trinajstić information content (AvgIpc) is 2.89. The molecular weight excluding hydrogens is 512 g/mol. The molecule has 0 bridgehead atoms. The summed E-state index contributed by atoms with van der Waals surface area (Å²) < 4.78 is 25.3. The summed E-state index contributed by atoms with van der Waals surface area (Å²) in [6.07, 6.45) is -1.12. The van der Waals surface area contributed by atoms with Crippen LogP contribution in [0.4, 0.5) is 0 Å². The highest BCUT2D eigenvalue weighted by molar-refractivity contribution is 7.99. The molecule has 1 N–H and O–H groups in total. The Kier molecular flexibility index (Phi) is 8.44. The highest BCUT2D eigenvalue weighted by atomic mass is 35.5. The predicted octanol–water partition coefficient (Wildman–Crippen LogP) is 6.01. The van der Waals surface area contributed by atoms with Crippen molar-refractivity contribution in [3.8, 4) is 28.5 Å². The predicted molar refractivity (Wildman–Crippen MR) is 145 cm³/mol. The molecule has 0 spiro atoms. The molecule has 5 nitrogen and oxygen atoms in total. The normalized spacial score (nSPS) is 12.1. The molecule has 4 rings (SSSR count). The number of nitriles is 1. The molecule has 3 aromatic carbocycles. The third-order valence-corrected chi connectivity index (χ3v) is 8.45. The molecule has 182 valence electrons. The molecule has 4 aromatic rings. The van der Waals surface area contributed by atoms with Crippen LogP contribution in [0.3, 0.4) is 0 Å². The van der Waals surface area contributed by atoms with Gasteiger partial charge in [0, 0.05) is 21.9 Å². The van der Waals surface area contributed by atoms with E-state index in [0.29, 0.717) is 26.9 Å². The van der Waals surface area contributed by atoms with Gasteiger partial charge in [-0.1, -0.05) is 84.4 Å². The Morgan fingerprint density at radius 3 is 2.17 bits per heavy atom. The number of benzene rings is 3. The summed E-state index contributed by atoms with van der Waals surface area (Å²) in [5, 5.41) is 21.5. The van der Waals surface area contributed by atoms with Crippen LogP contribution < -0.4 is 0 Å². The molecular formula is C28H23ClN2O3S2. The van der Waals surface area contributed by atoms with Gasteiger partial charge in [0.25, 0.3) is 0 Å². The second kappa shape index (κ2) is 11.7. The summed E-state index contributed by atoms with van der Waals surface area (Å²) in [5.41, 5.74) is 4.20. The topological polar surface area (TPSA) is 91.0 Å². The number of aliphatic hydroxyl groups excluding tert-OH is 1. The number of pyridine rings is 1. The summed E-state index contributed by atoms with van der Waals surface area (Å²) in [7, 11) is -3.56. The van der Waals surface area contributed by atoms with Crippen molar-refractivity contribution in [1.29, 1.82) is 5.26 Å². The largest absolute Gasteiger partial charge is 0.391 e. The van der Waals surface area contributed by atoms with Crippen molar-refractivity contribution in [1.82, 2.24) is 4.98 Å². The summed E-state index contributed by atoms with van der Waals surface area (Å²) in [4.78, 5) is 4.71. The van der Waals surface area contributed by atoms with Crippen LogP contribution in [0, 0.1) is 11.3 Å². The lowest BCUT2D eigenvalue weighted by molar-refractivity contribution is 0.222. The number of nitrogens with zero attached hydrogens (tertiary/aromatic N) is 2. The van der Waals surface area contributed by atoms with Crippen LogP contribution in [0.1, 0.15) is 11.1 Å². The molecule has 1 atom stereocenters. The van der Waals surface area contributed by atoms with Crippen molar-refractivity contribution in [2.75, 3.05) is 11.5 Å². The maximum Gasteiger partial charge on any atom is 0.157 e. The fraction of sp³-hybridized carbons (Fsp3) is 0.143. The van der Waals surface area contributed by atoms with Gasteiger partial charge in [0.1, 0.15) is 11.1 Å². The first kappa shape index (κ1) is 25.9. The van der Waals surface area contributed by atoms with Crippen molar-refractivity contribution >= 4 is 33.2 Å². The Hall–Kier alpha value is -3.15. The van der Waals surface area contributed by atoms with Gasteiger partial charge in [0.2, 0.25) is 0 Å². The molecule has 0 aliphatic rings.